The minimum Gasteiger partial charge on any atom is -0.493 e. The first-order valence-electron chi connectivity index (χ1n) is 6.51. The maximum Gasteiger partial charge on any atom is 0.239 e. The highest BCUT2D eigenvalue weighted by Gasteiger charge is 2.25. The van der Waals surface area contributed by atoms with Gasteiger partial charge in [0.2, 0.25) is 5.91 Å². The quantitative estimate of drug-likeness (QED) is 0.669. The molecule has 0 unspecified atom stereocenters. The first kappa shape index (κ1) is 14.6. The van der Waals surface area contributed by atoms with Crippen LogP contribution < -0.4 is 10.1 Å². The minimum absolute atomic E-state index is 0.0318. The first-order chi connectivity index (χ1) is 9.70. The van der Waals surface area contributed by atoms with E-state index >= 15 is 0 Å². The third-order valence-corrected chi connectivity index (χ3v) is 3.59. The normalized spacial score (nSPS) is 20.6. The lowest BCUT2D eigenvalue weighted by Crippen LogP contribution is -2.23. The van der Waals surface area contributed by atoms with Gasteiger partial charge in [0, 0.05) is 5.56 Å². The Kier molecular flexibility index (Phi) is 5.17. The number of amides is 1. The summed E-state index contributed by atoms with van der Waals surface area (Å²) < 4.78 is 5.63. The molecule has 1 saturated heterocycles. The van der Waals surface area contributed by atoms with E-state index in [1.165, 1.54) is 11.8 Å². The average molecular weight is 291 g/mol. The average Bonchev–Trinajstić information content (AvgIpc) is 2.76. The van der Waals surface area contributed by atoms with Crippen molar-refractivity contribution in [2.45, 2.75) is 25.5 Å². The fourth-order valence-corrected chi connectivity index (χ4v) is 2.33. The molecule has 5 nitrogen and oxygen atoms in total. The zero-order valence-corrected chi connectivity index (χ0v) is 12.3. The van der Waals surface area contributed by atoms with E-state index in [2.05, 4.69) is 22.4 Å². The topological polar surface area (TPSA) is 63.1 Å². The summed E-state index contributed by atoms with van der Waals surface area (Å²) in [6, 6.07) is 7.65. The number of hydrogen-bond donors (Lipinski definition) is 1. The molecule has 1 aromatic rings. The summed E-state index contributed by atoms with van der Waals surface area (Å²) in [6.07, 6.45) is 2.59. The summed E-state index contributed by atoms with van der Waals surface area (Å²) in [5.41, 5.74) is 0.868. The molecule has 1 aliphatic rings. The summed E-state index contributed by atoms with van der Waals surface area (Å²) in [5.74, 6) is 0.755. The Morgan fingerprint density at radius 2 is 2.25 bits per heavy atom. The third kappa shape index (κ3) is 3.84. The van der Waals surface area contributed by atoms with Crippen molar-refractivity contribution in [1.82, 2.24) is 5.32 Å². The summed E-state index contributed by atoms with van der Waals surface area (Å²) in [7, 11) is 0. The molecule has 1 N–H and O–H groups in total. The van der Waals surface area contributed by atoms with Crippen LogP contribution in [-0.4, -0.2) is 29.1 Å². The van der Waals surface area contributed by atoms with Crippen LogP contribution in [0.25, 0.3) is 0 Å². The van der Waals surface area contributed by atoms with Gasteiger partial charge in [-0.1, -0.05) is 30.8 Å². The molecule has 106 valence electrons. The van der Waals surface area contributed by atoms with E-state index in [9.17, 15) is 4.79 Å². The van der Waals surface area contributed by atoms with E-state index in [4.69, 9.17) is 4.74 Å². The van der Waals surface area contributed by atoms with Gasteiger partial charge in [-0.3, -0.25) is 4.79 Å². The van der Waals surface area contributed by atoms with Crippen molar-refractivity contribution in [1.29, 1.82) is 0 Å². The van der Waals surface area contributed by atoms with E-state index < -0.39 is 0 Å². The Morgan fingerprint density at radius 3 is 2.95 bits per heavy atom. The molecule has 1 heterocycles. The van der Waals surface area contributed by atoms with Gasteiger partial charge in [0.1, 0.15) is 5.75 Å². The van der Waals surface area contributed by atoms with Crippen molar-refractivity contribution in [3.05, 3.63) is 29.8 Å². The van der Waals surface area contributed by atoms with Gasteiger partial charge in [-0.2, -0.15) is 5.10 Å². The second-order valence-corrected chi connectivity index (χ2v) is 5.61. The second-order valence-electron chi connectivity index (χ2n) is 4.29. The first-order valence-corrected chi connectivity index (χ1v) is 7.39. The lowest BCUT2D eigenvalue weighted by atomic mass is 10.2. The predicted octanol–water partition coefficient (Wildman–Crippen LogP) is 2.42. The third-order valence-electron chi connectivity index (χ3n) is 2.61. The van der Waals surface area contributed by atoms with Crippen molar-refractivity contribution in [2.24, 2.45) is 10.2 Å². The zero-order chi connectivity index (χ0) is 14.4. The summed E-state index contributed by atoms with van der Waals surface area (Å²) >= 11 is 1.37. The fourth-order valence-electron chi connectivity index (χ4n) is 1.58. The number of nitrogens with zero attached hydrogens (tertiary/aromatic N) is 2. The van der Waals surface area contributed by atoms with Gasteiger partial charge < -0.3 is 10.1 Å². The number of rotatable bonds is 5. The highest BCUT2D eigenvalue weighted by molar-refractivity contribution is 8.15. The van der Waals surface area contributed by atoms with Crippen LogP contribution in [0.2, 0.25) is 0 Å². The Balaban J connectivity index is 2.04. The van der Waals surface area contributed by atoms with Gasteiger partial charge in [-0.25, -0.2) is 0 Å². The molecule has 1 amide bonds. The summed E-state index contributed by atoms with van der Waals surface area (Å²) in [4.78, 5) is 11.3. The second kappa shape index (κ2) is 7.09. The lowest BCUT2D eigenvalue weighted by molar-refractivity contribution is -0.118. The monoisotopic (exact) mass is 291 g/mol. The van der Waals surface area contributed by atoms with E-state index in [0.717, 1.165) is 17.7 Å². The van der Waals surface area contributed by atoms with Gasteiger partial charge in [0.15, 0.2) is 5.17 Å². The molecule has 0 spiro atoms. The van der Waals surface area contributed by atoms with Crippen molar-refractivity contribution in [2.75, 3.05) is 6.61 Å². The molecular formula is C14H17N3O2S. The standard InChI is InChI=1S/C14H17N3O2S/c1-3-8-19-12-7-5-4-6-11(12)9-15-17-14-16-13(18)10(2)20-14/h4-7,9-10H,3,8H2,1-2H3,(H,16,17,18)/b15-9-/t10-/m1/s1. The molecule has 0 saturated carbocycles. The number of benzene rings is 1. The number of carbonyl (C=O) groups excluding carboxylic acids is 1. The molecule has 1 atom stereocenters. The van der Waals surface area contributed by atoms with Gasteiger partial charge in [0.05, 0.1) is 18.1 Å². The maximum absolute atomic E-state index is 11.3. The van der Waals surface area contributed by atoms with Crippen molar-refractivity contribution >= 4 is 29.1 Å². The van der Waals surface area contributed by atoms with Crippen LogP contribution in [-0.2, 0) is 4.79 Å². The smallest absolute Gasteiger partial charge is 0.239 e. The Morgan fingerprint density at radius 1 is 1.45 bits per heavy atom. The zero-order valence-electron chi connectivity index (χ0n) is 11.5. The van der Waals surface area contributed by atoms with E-state index in [1.54, 1.807) is 6.21 Å². The van der Waals surface area contributed by atoms with E-state index in [0.29, 0.717) is 11.8 Å². The lowest BCUT2D eigenvalue weighted by Gasteiger charge is -2.06. The molecule has 1 fully saturated rings. The highest BCUT2D eigenvalue weighted by Crippen LogP contribution is 2.19. The molecule has 2 rings (SSSR count). The minimum atomic E-state index is -0.107. The highest BCUT2D eigenvalue weighted by atomic mass is 32.2. The Labute approximate surface area is 122 Å². The number of carbonyl (C=O) groups is 1. The van der Waals surface area contributed by atoms with Crippen molar-refractivity contribution in [3.8, 4) is 5.75 Å². The number of thioether (sulfide) groups is 1. The molecule has 1 aromatic carbocycles. The number of para-hydroxylation sites is 1. The fraction of sp³-hybridized carbons (Fsp3) is 0.357. The molecule has 0 radical (unpaired) electrons. The maximum atomic E-state index is 11.3. The number of nitrogens with one attached hydrogen (secondary N) is 1. The SMILES string of the molecule is CCCOc1ccccc1/C=N\N=C1\NC(=O)[C@@H](C)S1. The molecule has 1 aliphatic heterocycles. The molecule has 0 aromatic heterocycles. The van der Waals surface area contributed by atoms with Crippen LogP contribution in [0.1, 0.15) is 25.8 Å². The summed E-state index contributed by atoms with van der Waals surface area (Å²) in [6.45, 7) is 4.56. The molecule has 20 heavy (non-hydrogen) atoms. The van der Waals surface area contributed by atoms with Crippen LogP contribution in [0.3, 0.4) is 0 Å². The largest absolute Gasteiger partial charge is 0.493 e. The van der Waals surface area contributed by atoms with Crippen LogP contribution in [0.15, 0.2) is 34.5 Å². The Bertz CT molecular complexity index is 543. The number of ether oxygens (including phenoxy) is 1. The predicted molar refractivity (Wildman–Crippen MR) is 82.5 cm³/mol. The van der Waals surface area contributed by atoms with Crippen molar-refractivity contribution in [3.63, 3.8) is 0 Å². The van der Waals surface area contributed by atoms with Gasteiger partial charge in [0.25, 0.3) is 0 Å². The van der Waals surface area contributed by atoms with Gasteiger partial charge in [-0.05, 0) is 25.5 Å². The van der Waals surface area contributed by atoms with Gasteiger partial charge in [-0.15, -0.1) is 5.10 Å². The molecular weight excluding hydrogens is 274 g/mol. The van der Waals surface area contributed by atoms with Crippen LogP contribution in [0.4, 0.5) is 0 Å². The number of hydrogen-bond acceptors (Lipinski definition) is 5. The van der Waals surface area contributed by atoms with Crippen LogP contribution in [0, 0.1) is 0 Å². The van der Waals surface area contributed by atoms with Crippen molar-refractivity contribution < 1.29 is 9.53 Å². The number of amidine groups is 1. The molecule has 0 bridgehead atoms. The molecule has 0 aliphatic carbocycles. The van der Waals surface area contributed by atoms with E-state index in [-0.39, 0.29) is 11.2 Å². The van der Waals surface area contributed by atoms with Gasteiger partial charge >= 0.3 is 0 Å². The Hall–Kier alpha value is -1.82. The summed E-state index contributed by atoms with van der Waals surface area (Å²) in [5, 5.41) is 11.1. The van der Waals surface area contributed by atoms with Crippen LogP contribution >= 0.6 is 11.8 Å². The van der Waals surface area contributed by atoms with E-state index in [1.807, 2.05) is 31.2 Å². The molecule has 6 heteroatoms. The van der Waals surface area contributed by atoms with Crippen LogP contribution in [0.5, 0.6) is 5.75 Å².